The summed E-state index contributed by atoms with van der Waals surface area (Å²) in [5, 5.41) is 0. The van der Waals surface area contributed by atoms with Gasteiger partial charge in [-0.15, -0.1) is 11.8 Å². The maximum Gasteiger partial charge on any atom is 0.134 e. The normalized spacial score (nSPS) is 10.8. The predicted octanol–water partition coefficient (Wildman–Crippen LogP) is 3.81. The Labute approximate surface area is 103 Å². The molecule has 0 unspecified atom stereocenters. The standard InChI is InChI=1S/C13H21NOS/c1-4-10(5-2)9-16-13-7-6-11(14)8-12(13)15-3/h6-8,10H,4-5,9,14H2,1-3H3. The van der Waals surface area contributed by atoms with E-state index in [0.29, 0.717) is 0 Å². The minimum absolute atomic E-state index is 0.753. The third kappa shape index (κ3) is 3.63. The summed E-state index contributed by atoms with van der Waals surface area (Å²) >= 11 is 1.86. The Balaban J connectivity index is 2.65. The maximum absolute atomic E-state index is 5.72. The molecule has 0 spiro atoms. The molecule has 2 N–H and O–H groups in total. The molecule has 1 aromatic rings. The molecular formula is C13H21NOS. The van der Waals surface area contributed by atoms with Crippen LogP contribution in [0.5, 0.6) is 5.75 Å². The van der Waals surface area contributed by atoms with Crippen molar-refractivity contribution in [2.24, 2.45) is 5.92 Å². The monoisotopic (exact) mass is 239 g/mol. The first-order valence-electron chi connectivity index (χ1n) is 5.77. The summed E-state index contributed by atoms with van der Waals surface area (Å²) in [6.45, 7) is 4.49. The van der Waals surface area contributed by atoms with Crippen LogP contribution in [0.3, 0.4) is 0 Å². The molecule has 1 rings (SSSR count). The van der Waals surface area contributed by atoms with Crippen molar-refractivity contribution in [2.75, 3.05) is 18.6 Å². The highest BCUT2D eigenvalue weighted by atomic mass is 32.2. The first-order chi connectivity index (χ1) is 7.71. The van der Waals surface area contributed by atoms with Gasteiger partial charge in [0.25, 0.3) is 0 Å². The zero-order valence-electron chi connectivity index (χ0n) is 10.3. The van der Waals surface area contributed by atoms with Gasteiger partial charge in [-0.25, -0.2) is 0 Å². The highest BCUT2D eigenvalue weighted by molar-refractivity contribution is 7.99. The van der Waals surface area contributed by atoms with Gasteiger partial charge in [0, 0.05) is 22.4 Å². The van der Waals surface area contributed by atoms with Crippen LogP contribution in [-0.2, 0) is 0 Å². The lowest BCUT2D eigenvalue weighted by Gasteiger charge is -2.13. The fourth-order valence-corrected chi connectivity index (χ4v) is 2.87. The second-order valence-electron chi connectivity index (χ2n) is 3.90. The van der Waals surface area contributed by atoms with Gasteiger partial charge in [0.1, 0.15) is 5.75 Å². The Hall–Kier alpha value is -0.830. The predicted molar refractivity (Wildman–Crippen MR) is 72.2 cm³/mol. The van der Waals surface area contributed by atoms with E-state index in [1.165, 1.54) is 17.7 Å². The SMILES string of the molecule is CCC(CC)CSc1ccc(N)cc1OC. The Morgan fingerprint density at radius 2 is 2.00 bits per heavy atom. The molecule has 1 aromatic carbocycles. The number of anilines is 1. The lowest BCUT2D eigenvalue weighted by molar-refractivity contribution is 0.405. The summed E-state index contributed by atoms with van der Waals surface area (Å²) in [6.07, 6.45) is 2.47. The number of ether oxygens (including phenoxy) is 1. The van der Waals surface area contributed by atoms with Crippen LogP contribution in [0.1, 0.15) is 26.7 Å². The number of rotatable bonds is 6. The van der Waals surface area contributed by atoms with Crippen molar-refractivity contribution >= 4 is 17.4 Å². The second kappa shape index (κ2) is 6.69. The van der Waals surface area contributed by atoms with E-state index < -0.39 is 0 Å². The average Bonchev–Trinajstić information content (AvgIpc) is 2.31. The number of methoxy groups -OCH3 is 1. The van der Waals surface area contributed by atoms with Crippen molar-refractivity contribution < 1.29 is 4.74 Å². The van der Waals surface area contributed by atoms with E-state index in [2.05, 4.69) is 13.8 Å². The molecule has 0 atom stereocenters. The van der Waals surface area contributed by atoms with Crippen LogP contribution in [0.4, 0.5) is 5.69 Å². The van der Waals surface area contributed by atoms with Gasteiger partial charge in [-0.2, -0.15) is 0 Å². The van der Waals surface area contributed by atoms with Crippen molar-refractivity contribution in [1.29, 1.82) is 0 Å². The van der Waals surface area contributed by atoms with Crippen LogP contribution in [0.25, 0.3) is 0 Å². The molecule has 90 valence electrons. The van der Waals surface area contributed by atoms with Crippen LogP contribution in [0.15, 0.2) is 23.1 Å². The number of hydrogen-bond acceptors (Lipinski definition) is 3. The molecule has 0 aliphatic heterocycles. The lowest BCUT2D eigenvalue weighted by Crippen LogP contribution is -2.00. The molecule has 0 bridgehead atoms. The van der Waals surface area contributed by atoms with Gasteiger partial charge < -0.3 is 10.5 Å². The summed E-state index contributed by atoms with van der Waals surface area (Å²) in [4.78, 5) is 1.18. The molecule has 2 nitrogen and oxygen atoms in total. The van der Waals surface area contributed by atoms with Gasteiger partial charge in [-0.05, 0) is 18.1 Å². The molecule has 0 fully saturated rings. The molecule has 0 heterocycles. The van der Waals surface area contributed by atoms with Crippen LogP contribution in [-0.4, -0.2) is 12.9 Å². The molecule has 0 amide bonds. The molecule has 0 radical (unpaired) electrons. The summed E-state index contributed by atoms with van der Waals surface area (Å²) in [7, 11) is 1.69. The fourth-order valence-electron chi connectivity index (χ4n) is 1.54. The molecule has 3 heteroatoms. The average molecular weight is 239 g/mol. The summed E-state index contributed by atoms with van der Waals surface area (Å²) in [5.41, 5.74) is 6.48. The number of hydrogen-bond donors (Lipinski definition) is 1. The zero-order chi connectivity index (χ0) is 12.0. The fraction of sp³-hybridized carbons (Fsp3) is 0.538. The highest BCUT2D eigenvalue weighted by Crippen LogP contribution is 2.32. The topological polar surface area (TPSA) is 35.2 Å². The van der Waals surface area contributed by atoms with Crippen molar-refractivity contribution in [1.82, 2.24) is 0 Å². The lowest BCUT2D eigenvalue weighted by atomic mass is 10.1. The van der Waals surface area contributed by atoms with E-state index in [1.54, 1.807) is 7.11 Å². The molecule has 0 aromatic heterocycles. The molecule has 0 saturated carbocycles. The Morgan fingerprint density at radius 3 is 2.56 bits per heavy atom. The third-order valence-corrected chi connectivity index (χ3v) is 4.10. The van der Waals surface area contributed by atoms with Crippen molar-refractivity contribution in [3.05, 3.63) is 18.2 Å². The Bertz CT molecular complexity index is 324. The number of nitrogen functional groups attached to an aromatic ring is 1. The minimum Gasteiger partial charge on any atom is -0.496 e. The quantitative estimate of drug-likeness (QED) is 0.605. The maximum atomic E-state index is 5.72. The van der Waals surface area contributed by atoms with E-state index in [-0.39, 0.29) is 0 Å². The highest BCUT2D eigenvalue weighted by Gasteiger charge is 2.08. The number of nitrogens with two attached hydrogens (primary N) is 1. The molecule has 0 aliphatic carbocycles. The first-order valence-corrected chi connectivity index (χ1v) is 6.76. The van der Waals surface area contributed by atoms with Gasteiger partial charge in [-0.3, -0.25) is 0 Å². The van der Waals surface area contributed by atoms with Crippen LogP contribution < -0.4 is 10.5 Å². The van der Waals surface area contributed by atoms with Gasteiger partial charge in [-0.1, -0.05) is 26.7 Å². The van der Waals surface area contributed by atoms with E-state index in [1.807, 2.05) is 30.0 Å². The van der Waals surface area contributed by atoms with E-state index in [9.17, 15) is 0 Å². The van der Waals surface area contributed by atoms with Gasteiger partial charge in [0.15, 0.2) is 0 Å². The van der Waals surface area contributed by atoms with Crippen molar-refractivity contribution in [3.63, 3.8) is 0 Å². The first kappa shape index (κ1) is 13.2. The molecule has 16 heavy (non-hydrogen) atoms. The zero-order valence-corrected chi connectivity index (χ0v) is 11.1. The summed E-state index contributed by atoms with van der Waals surface area (Å²) < 4.78 is 5.32. The van der Waals surface area contributed by atoms with Crippen molar-refractivity contribution in [2.45, 2.75) is 31.6 Å². The molecule has 0 aliphatic rings. The Morgan fingerprint density at radius 1 is 1.31 bits per heavy atom. The molecular weight excluding hydrogens is 218 g/mol. The van der Waals surface area contributed by atoms with Crippen LogP contribution >= 0.6 is 11.8 Å². The number of benzene rings is 1. The summed E-state index contributed by atoms with van der Waals surface area (Å²) in [5.74, 6) is 2.82. The second-order valence-corrected chi connectivity index (χ2v) is 4.97. The van der Waals surface area contributed by atoms with E-state index in [0.717, 1.165) is 23.1 Å². The van der Waals surface area contributed by atoms with Crippen LogP contribution in [0, 0.1) is 5.92 Å². The van der Waals surface area contributed by atoms with Gasteiger partial charge in [0.2, 0.25) is 0 Å². The molecule has 0 saturated heterocycles. The third-order valence-electron chi connectivity index (χ3n) is 2.82. The van der Waals surface area contributed by atoms with Crippen molar-refractivity contribution in [3.8, 4) is 5.75 Å². The van der Waals surface area contributed by atoms with Gasteiger partial charge in [0.05, 0.1) is 7.11 Å². The van der Waals surface area contributed by atoms with E-state index >= 15 is 0 Å². The van der Waals surface area contributed by atoms with E-state index in [4.69, 9.17) is 10.5 Å². The van der Waals surface area contributed by atoms with Crippen LogP contribution in [0.2, 0.25) is 0 Å². The Kier molecular flexibility index (Phi) is 5.53. The summed E-state index contributed by atoms with van der Waals surface area (Å²) in [6, 6.07) is 5.86. The minimum atomic E-state index is 0.753. The number of thioether (sulfide) groups is 1. The smallest absolute Gasteiger partial charge is 0.134 e. The largest absolute Gasteiger partial charge is 0.496 e. The van der Waals surface area contributed by atoms with Gasteiger partial charge >= 0.3 is 0 Å².